The van der Waals surface area contributed by atoms with Gasteiger partial charge in [0.15, 0.2) is 0 Å². The average molecular weight is 210 g/mol. The van der Waals surface area contributed by atoms with Gasteiger partial charge in [0.05, 0.1) is 6.04 Å². The van der Waals surface area contributed by atoms with Crippen molar-refractivity contribution in [2.45, 2.75) is 38.6 Å². The molecule has 0 aromatic carbocycles. The summed E-state index contributed by atoms with van der Waals surface area (Å²) in [7, 11) is 0. The quantitative estimate of drug-likeness (QED) is 0.690. The highest BCUT2D eigenvalue weighted by Crippen LogP contribution is 2.38. The van der Waals surface area contributed by atoms with Gasteiger partial charge >= 0.3 is 0 Å². The Morgan fingerprint density at radius 1 is 1.33 bits per heavy atom. The van der Waals surface area contributed by atoms with Gasteiger partial charge in [-0.05, 0) is 25.7 Å². The van der Waals surface area contributed by atoms with Crippen LogP contribution in [0.15, 0.2) is 0 Å². The van der Waals surface area contributed by atoms with Crippen LogP contribution in [0.2, 0.25) is 0 Å². The molecule has 84 valence electrons. The largest absolute Gasteiger partial charge is 0.328 e. The van der Waals surface area contributed by atoms with Gasteiger partial charge in [0.2, 0.25) is 11.8 Å². The number of amides is 2. The number of hydrogen-bond donors (Lipinski definition) is 1. The van der Waals surface area contributed by atoms with E-state index in [4.69, 9.17) is 5.73 Å². The second-order valence-electron chi connectivity index (χ2n) is 4.55. The van der Waals surface area contributed by atoms with Crippen LogP contribution in [0.5, 0.6) is 0 Å². The normalized spacial score (nSPS) is 32.3. The Labute approximate surface area is 89.8 Å². The second-order valence-corrected chi connectivity index (χ2v) is 4.55. The Morgan fingerprint density at radius 2 is 1.87 bits per heavy atom. The van der Waals surface area contributed by atoms with Crippen molar-refractivity contribution in [1.82, 2.24) is 4.90 Å². The van der Waals surface area contributed by atoms with Gasteiger partial charge in [0, 0.05) is 18.4 Å². The summed E-state index contributed by atoms with van der Waals surface area (Å²) in [5, 5.41) is 0. The predicted molar refractivity (Wildman–Crippen MR) is 55.8 cm³/mol. The molecule has 2 bridgehead atoms. The van der Waals surface area contributed by atoms with Crippen molar-refractivity contribution in [3.8, 4) is 0 Å². The number of piperidine rings is 1. The number of rotatable bonds is 3. The molecular formula is C11H18N2O2. The molecule has 2 N–H and O–H groups in total. The molecule has 1 heterocycles. The molecule has 1 aliphatic carbocycles. The molecule has 2 fully saturated rings. The highest BCUT2D eigenvalue weighted by molar-refractivity contribution is 6.01. The molecule has 4 nitrogen and oxygen atoms in total. The van der Waals surface area contributed by atoms with Crippen molar-refractivity contribution >= 4 is 11.8 Å². The second kappa shape index (κ2) is 3.93. The first kappa shape index (κ1) is 10.6. The summed E-state index contributed by atoms with van der Waals surface area (Å²) in [5.41, 5.74) is 5.60. The van der Waals surface area contributed by atoms with E-state index in [1.165, 1.54) is 4.90 Å². The number of likely N-dealkylation sites (tertiary alicyclic amines) is 1. The average Bonchev–Trinajstić information content (AvgIpc) is 2.68. The molecule has 2 rings (SSSR count). The minimum Gasteiger partial charge on any atom is -0.328 e. The first-order valence-electron chi connectivity index (χ1n) is 5.76. The molecule has 3 unspecified atom stereocenters. The van der Waals surface area contributed by atoms with Gasteiger partial charge in [-0.15, -0.1) is 0 Å². The van der Waals surface area contributed by atoms with E-state index in [1.54, 1.807) is 0 Å². The fourth-order valence-electron chi connectivity index (χ4n) is 2.75. The van der Waals surface area contributed by atoms with Crippen LogP contribution in [0, 0.1) is 11.8 Å². The van der Waals surface area contributed by atoms with E-state index in [9.17, 15) is 9.59 Å². The summed E-state index contributed by atoms with van der Waals surface area (Å²) in [6.07, 6.45) is 3.29. The summed E-state index contributed by atoms with van der Waals surface area (Å²) in [5.74, 6) is 0.221. The SMILES string of the molecule is CCC(CN)N1C(=O)C2CCC(C2)C1=O. The van der Waals surface area contributed by atoms with E-state index in [-0.39, 0.29) is 29.7 Å². The molecule has 0 radical (unpaired) electrons. The molecule has 2 aliphatic rings. The molecule has 4 heteroatoms. The highest BCUT2D eigenvalue weighted by atomic mass is 16.2. The molecule has 0 spiro atoms. The number of nitrogens with two attached hydrogens (primary N) is 1. The van der Waals surface area contributed by atoms with E-state index < -0.39 is 0 Å². The van der Waals surface area contributed by atoms with Crippen LogP contribution in [0.3, 0.4) is 0 Å². The fraction of sp³-hybridized carbons (Fsp3) is 0.818. The molecule has 1 saturated carbocycles. The lowest BCUT2D eigenvalue weighted by Crippen LogP contribution is -2.53. The van der Waals surface area contributed by atoms with Crippen LogP contribution in [-0.4, -0.2) is 29.3 Å². The summed E-state index contributed by atoms with van der Waals surface area (Å²) in [6, 6.07) is -0.0894. The van der Waals surface area contributed by atoms with Crippen LogP contribution in [0.1, 0.15) is 32.6 Å². The minimum atomic E-state index is -0.0894. The molecule has 2 amide bonds. The maximum Gasteiger partial charge on any atom is 0.232 e. The van der Waals surface area contributed by atoms with Gasteiger partial charge < -0.3 is 5.73 Å². The first-order chi connectivity index (χ1) is 7.19. The summed E-state index contributed by atoms with van der Waals surface area (Å²) >= 11 is 0. The van der Waals surface area contributed by atoms with E-state index >= 15 is 0 Å². The Bertz CT molecular complexity index is 264. The monoisotopic (exact) mass is 210 g/mol. The van der Waals surface area contributed by atoms with Gasteiger partial charge in [-0.3, -0.25) is 14.5 Å². The molecular weight excluding hydrogens is 192 g/mol. The maximum atomic E-state index is 12.0. The van der Waals surface area contributed by atoms with Crippen LogP contribution in [0.4, 0.5) is 0 Å². The van der Waals surface area contributed by atoms with Crippen LogP contribution >= 0.6 is 0 Å². The third kappa shape index (κ3) is 1.57. The van der Waals surface area contributed by atoms with E-state index in [0.717, 1.165) is 25.7 Å². The third-order valence-electron chi connectivity index (χ3n) is 3.71. The zero-order chi connectivity index (χ0) is 11.0. The Hall–Kier alpha value is -0.900. The van der Waals surface area contributed by atoms with Crippen molar-refractivity contribution in [3.63, 3.8) is 0 Å². The molecule has 1 saturated heterocycles. The van der Waals surface area contributed by atoms with Crippen LogP contribution in [0.25, 0.3) is 0 Å². The predicted octanol–water partition coefficient (Wildman–Crippen LogP) is 0.509. The number of imide groups is 1. The highest BCUT2D eigenvalue weighted by Gasteiger charge is 2.46. The Balaban J connectivity index is 2.22. The topological polar surface area (TPSA) is 63.4 Å². The lowest BCUT2D eigenvalue weighted by atomic mass is 9.95. The molecule has 0 aromatic heterocycles. The Morgan fingerprint density at radius 3 is 2.27 bits per heavy atom. The number of fused-ring (bicyclic) bond motifs is 2. The summed E-state index contributed by atoms with van der Waals surface area (Å²) < 4.78 is 0. The van der Waals surface area contributed by atoms with Crippen molar-refractivity contribution in [3.05, 3.63) is 0 Å². The fourth-order valence-corrected chi connectivity index (χ4v) is 2.75. The first-order valence-corrected chi connectivity index (χ1v) is 5.76. The minimum absolute atomic E-state index is 0.0195. The van der Waals surface area contributed by atoms with Gasteiger partial charge in [0.1, 0.15) is 0 Å². The van der Waals surface area contributed by atoms with Crippen molar-refractivity contribution in [1.29, 1.82) is 0 Å². The van der Waals surface area contributed by atoms with E-state index in [1.807, 2.05) is 6.92 Å². The van der Waals surface area contributed by atoms with Gasteiger partial charge in [-0.2, -0.15) is 0 Å². The Kier molecular flexibility index (Phi) is 2.78. The zero-order valence-electron chi connectivity index (χ0n) is 9.11. The van der Waals surface area contributed by atoms with Gasteiger partial charge in [-0.1, -0.05) is 6.92 Å². The maximum absolute atomic E-state index is 12.0. The summed E-state index contributed by atoms with van der Waals surface area (Å²) in [6.45, 7) is 2.35. The number of carbonyl (C=O) groups excluding carboxylic acids is 2. The lowest BCUT2D eigenvalue weighted by molar-refractivity contribution is -0.155. The van der Waals surface area contributed by atoms with E-state index in [2.05, 4.69) is 0 Å². The van der Waals surface area contributed by atoms with Crippen LogP contribution < -0.4 is 5.73 Å². The zero-order valence-corrected chi connectivity index (χ0v) is 9.11. The number of carbonyl (C=O) groups is 2. The summed E-state index contributed by atoms with van der Waals surface area (Å²) in [4.78, 5) is 25.5. The molecule has 3 atom stereocenters. The molecule has 0 aromatic rings. The molecule has 15 heavy (non-hydrogen) atoms. The van der Waals surface area contributed by atoms with E-state index in [0.29, 0.717) is 6.54 Å². The standard InChI is InChI=1S/C11H18N2O2/c1-2-9(6-12)13-10(14)7-3-4-8(5-7)11(13)15/h7-9H,2-6,12H2,1H3. The number of hydrogen-bond acceptors (Lipinski definition) is 3. The number of nitrogens with zero attached hydrogens (tertiary/aromatic N) is 1. The smallest absolute Gasteiger partial charge is 0.232 e. The van der Waals surface area contributed by atoms with Gasteiger partial charge in [-0.25, -0.2) is 0 Å². The van der Waals surface area contributed by atoms with Crippen LogP contribution in [-0.2, 0) is 9.59 Å². The van der Waals surface area contributed by atoms with Crippen molar-refractivity contribution in [2.75, 3.05) is 6.54 Å². The van der Waals surface area contributed by atoms with Gasteiger partial charge in [0.25, 0.3) is 0 Å². The lowest BCUT2D eigenvalue weighted by Gasteiger charge is -2.35. The van der Waals surface area contributed by atoms with Crippen molar-refractivity contribution < 1.29 is 9.59 Å². The molecule has 1 aliphatic heterocycles. The third-order valence-corrected chi connectivity index (χ3v) is 3.71. The van der Waals surface area contributed by atoms with Crippen molar-refractivity contribution in [2.24, 2.45) is 17.6 Å².